The highest BCUT2D eigenvalue weighted by molar-refractivity contribution is 5.76. The molecule has 1 aliphatic heterocycles. The van der Waals surface area contributed by atoms with Gasteiger partial charge >= 0.3 is 5.97 Å². The summed E-state index contributed by atoms with van der Waals surface area (Å²) in [5, 5.41) is 54.3. The summed E-state index contributed by atoms with van der Waals surface area (Å²) in [6.45, 7) is 4.34. The molecule has 1 fully saturated rings. The van der Waals surface area contributed by atoms with Crippen molar-refractivity contribution in [3.63, 3.8) is 0 Å². The first-order valence-corrected chi connectivity index (χ1v) is 34.6. The molecule has 1 aliphatic rings. The highest BCUT2D eigenvalue weighted by atomic mass is 16.7. The van der Waals surface area contributed by atoms with Crippen molar-refractivity contribution in [1.29, 1.82) is 0 Å². The molecule has 80 heavy (non-hydrogen) atoms. The van der Waals surface area contributed by atoms with Crippen LogP contribution in [0.3, 0.4) is 0 Å². The fraction of sp³-hybridized carbons (Fsp3) is 0.913. The van der Waals surface area contributed by atoms with Crippen molar-refractivity contribution in [3.05, 3.63) is 24.3 Å². The SMILES string of the molecule is CCCCCCCCC/C=C\CCCCCCCC(=O)OCCCCCCCCCCCCCCCCCCCCCCCCCCCCCC(=O)NC(COC1OC(CO)C(O)C(O)C1O)C(O)/C=C/CCCCCCCCC. The Bertz CT molecular complexity index is 1380. The Labute approximate surface area is 492 Å². The number of allylic oxidation sites excluding steroid dienone is 3. The average Bonchev–Trinajstić information content (AvgIpc) is 3.50. The Kier molecular flexibility index (Phi) is 56.1. The van der Waals surface area contributed by atoms with Gasteiger partial charge in [0, 0.05) is 12.8 Å². The van der Waals surface area contributed by atoms with Gasteiger partial charge in [0.15, 0.2) is 6.29 Å². The zero-order valence-corrected chi connectivity index (χ0v) is 52.3. The van der Waals surface area contributed by atoms with Crippen LogP contribution in [0.2, 0.25) is 0 Å². The molecule has 7 unspecified atom stereocenters. The van der Waals surface area contributed by atoms with Gasteiger partial charge in [-0.2, -0.15) is 0 Å². The molecular formula is C69H131NO10. The van der Waals surface area contributed by atoms with Crippen LogP contribution in [-0.2, 0) is 23.8 Å². The van der Waals surface area contributed by atoms with Gasteiger partial charge in [-0.25, -0.2) is 0 Å². The molecule has 7 atom stereocenters. The van der Waals surface area contributed by atoms with Crippen LogP contribution in [0.5, 0.6) is 0 Å². The van der Waals surface area contributed by atoms with E-state index in [4.69, 9.17) is 14.2 Å². The highest BCUT2D eigenvalue weighted by Gasteiger charge is 2.44. The molecule has 0 spiro atoms. The normalized spacial score (nSPS) is 18.4. The molecule has 0 bridgehead atoms. The molecule has 1 heterocycles. The Morgan fingerprint density at radius 1 is 0.450 bits per heavy atom. The van der Waals surface area contributed by atoms with E-state index in [0.29, 0.717) is 19.4 Å². The maximum absolute atomic E-state index is 13.0. The number of carbonyl (C=O) groups is 2. The summed E-state index contributed by atoms with van der Waals surface area (Å²) in [4.78, 5) is 25.1. The molecule has 0 aromatic carbocycles. The lowest BCUT2D eigenvalue weighted by molar-refractivity contribution is -0.302. The fourth-order valence-corrected chi connectivity index (χ4v) is 11.1. The summed E-state index contributed by atoms with van der Waals surface area (Å²) in [5.74, 6) is -0.178. The van der Waals surface area contributed by atoms with Crippen molar-refractivity contribution in [2.45, 2.75) is 384 Å². The number of hydrogen-bond donors (Lipinski definition) is 6. The number of nitrogens with one attached hydrogen (secondary N) is 1. The summed E-state index contributed by atoms with van der Waals surface area (Å²) in [6, 6.07) is -0.806. The second kappa shape index (κ2) is 58.9. The van der Waals surface area contributed by atoms with Crippen molar-refractivity contribution in [2.24, 2.45) is 0 Å². The van der Waals surface area contributed by atoms with E-state index in [-0.39, 0.29) is 18.5 Å². The molecule has 1 amide bonds. The predicted octanol–water partition coefficient (Wildman–Crippen LogP) is 17.2. The Balaban J connectivity index is 1.91. The first-order chi connectivity index (χ1) is 39.2. The van der Waals surface area contributed by atoms with E-state index >= 15 is 0 Å². The van der Waals surface area contributed by atoms with Crippen LogP contribution < -0.4 is 5.32 Å². The topological polar surface area (TPSA) is 175 Å². The number of amides is 1. The summed E-state index contributed by atoms with van der Waals surface area (Å²) in [6.07, 6.45) is 63.2. The number of unbranched alkanes of at least 4 members (excludes halogenated alkanes) is 45. The number of aliphatic hydroxyl groups is 5. The summed E-state index contributed by atoms with van der Waals surface area (Å²) >= 11 is 0. The predicted molar refractivity (Wildman–Crippen MR) is 334 cm³/mol. The van der Waals surface area contributed by atoms with Gasteiger partial charge in [0.25, 0.3) is 0 Å². The van der Waals surface area contributed by atoms with E-state index in [1.807, 2.05) is 6.08 Å². The molecule has 0 radical (unpaired) electrons. The molecule has 472 valence electrons. The quantitative estimate of drug-likeness (QED) is 0.0195. The zero-order chi connectivity index (χ0) is 58.0. The minimum Gasteiger partial charge on any atom is -0.466 e. The van der Waals surface area contributed by atoms with Crippen molar-refractivity contribution in [2.75, 3.05) is 19.8 Å². The fourth-order valence-electron chi connectivity index (χ4n) is 11.1. The van der Waals surface area contributed by atoms with Crippen LogP contribution in [0.25, 0.3) is 0 Å². The van der Waals surface area contributed by atoms with Gasteiger partial charge in [-0.15, -0.1) is 0 Å². The second-order valence-electron chi connectivity index (χ2n) is 24.2. The van der Waals surface area contributed by atoms with Crippen LogP contribution in [0.15, 0.2) is 24.3 Å². The lowest BCUT2D eigenvalue weighted by Crippen LogP contribution is -2.60. The van der Waals surface area contributed by atoms with Gasteiger partial charge in [0.1, 0.15) is 24.4 Å². The van der Waals surface area contributed by atoms with Crippen LogP contribution in [0.4, 0.5) is 0 Å². The Hall–Kier alpha value is -1.86. The van der Waals surface area contributed by atoms with E-state index < -0.39 is 49.5 Å². The van der Waals surface area contributed by atoms with Crippen LogP contribution >= 0.6 is 0 Å². The van der Waals surface area contributed by atoms with Gasteiger partial charge in [-0.1, -0.05) is 295 Å². The summed E-state index contributed by atoms with van der Waals surface area (Å²) in [7, 11) is 0. The van der Waals surface area contributed by atoms with Crippen molar-refractivity contribution < 1.29 is 49.3 Å². The third-order valence-electron chi connectivity index (χ3n) is 16.6. The molecule has 0 aromatic rings. The third-order valence-corrected chi connectivity index (χ3v) is 16.6. The molecule has 6 N–H and O–H groups in total. The standard InChI is InChI=1S/C69H131NO10/c1-3-5-7-9-11-13-14-15-16-31-34-37-41-45-49-53-57-65(74)78-58-54-50-46-42-38-35-32-29-27-25-23-21-19-17-18-20-22-24-26-28-30-33-36-40-44-48-52-56-64(73)70-61(62(72)55-51-47-43-39-12-10-8-6-4-2)60-79-69-68(77)67(76)66(75)63(59-71)80-69/h16,31,51,55,61-63,66-69,71-72,75-77H,3-15,17-30,32-50,52-54,56-60H2,1-2H3,(H,70,73)/b31-16-,55-51+. The van der Waals surface area contributed by atoms with E-state index in [1.54, 1.807) is 6.08 Å². The number of hydrogen-bond acceptors (Lipinski definition) is 10. The maximum Gasteiger partial charge on any atom is 0.305 e. The van der Waals surface area contributed by atoms with E-state index in [9.17, 15) is 35.1 Å². The minimum atomic E-state index is -1.57. The first-order valence-electron chi connectivity index (χ1n) is 34.6. The highest BCUT2D eigenvalue weighted by Crippen LogP contribution is 2.23. The van der Waals surface area contributed by atoms with Crippen LogP contribution in [-0.4, -0.2) is 100 Å². The first kappa shape index (κ1) is 76.2. The van der Waals surface area contributed by atoms with Gasteiger partial charge in [-0.3, -0.25) is 9.59 Å². The number of carbonyl (C=O) groups excluding carboxylic acids is 2. The molecule has 0 aliphatic carbocycles. The number of rotatable bonds is 61. The monoisotopic (exact) mass is 1130 g/mol. The lowest BCUT2D eigenvalue weighted by Gasteiger charge is -2.40. The van der Waals surface area contributed by atoms with Gasteiger partial charge in [0.05, 0.1) is 32.0 Å². The van der Waals surface area contributed by atoms with Crippen molar-refractivity contribution in [3.8, 4) is 0 Å². The molecule has 0 aromatic heterocycles. The van der Waals surface area contributed by atoms with Crippen LogP contribution in [0.1, 0.15) is 341 Å². The second-order valence-corrected chi connectivity index (χ2v) is 24.2. The third kappa shape index (κ3) is 47.5. The largest absolute Gasteiger partial charge is 0.466 e. The summed E-state index contributed by atoms with van der Waals surface area (Å²) in [5.41, 5.74) is 0. The van der Waals surface area contributed by atoms with Gasteiger partial charge in [-0.05, 0) is 57.8 Å². The number of aliphatic hydroxyl groups excluding tert-OH is 5. The molecule has 11 nitrogen and oxygen atoms in total. The lowest BCUT2D eigenvalue weighted by atomic mass is 9.99. The molecule has 11 heteroatoms. The van der Waals surface area contributed by atoms with Crippen molar-refractivity contribution in [1.82, 2.24) is 5.32 Å². The minimum absolute atomic E-state index is 0.00156. The molecule has 1 rings (SSSR count). The van der Waals surface area contributed by atoms with Crippen LogP contribution in [0, 0.1) is 0 Å². The van der Waals surface area contributed by atoms with E-state index in [1.165, 1.54) is 257 Å². The average molecular weight is 1130 g/mol. The van der Waals surface area contributed by atoms with E-state index in [0.717, 1.165) is 57.8 Å². The molecule has 0 saturated carbocycles. The Morgan fingerprint density at radius 2 is 0.800 bits per heavy atom. The van der Waals surface area contributed by atoms with Gasteiger partial charge < -0.3 is 45.1 Å². The smallest absolute Gasteiger partial charge is 0.305 e. The molecular weight excluding hydrogens is 1000 g/mol. The molecule has 1 saturated heterocycles. The Morgan fingerprint density at radius 3 is 1.20 bits per heavy atom. The number of esters is 1. The maximum atomic E-state index is 13.0. The zero-order valence-electron chi connectivity index (χ0n) is 52.3. The van der Waals surface area contributed by atoms with Crippen molar-refractivity contribution >= 4 is 11.9 Å². The van der Waals surface area contributed by atoms with Gasteiger partial charge in [0.2, 0.25) is 5.91 Å². The van der Waals surface area contributed by atoms with E-state index in [2.05, 4.69) is 31.3 Å². The number of ether oxygens (including phenoxy) is 3. The summed E-state index contributed by atoms with van der Waals surface area (Å²) < 4.78 is 16.7.